The number of ether oxygens (including phenoxy) is 3. The number of carbonyl (C=O) groups is 2. The Bertz CT molecular complexity index is 980. The molecule has 0 spiro atoms. The first-order valence-corrected chi connectivity index (χ1v) is 9.04. The van der Waals surface area contributed by atoms with Crippen molar-refractivity contribution in [1.82, 2.24) is 5.16 Å². The zero-order valence-corrected chi connectivity index (χ0v) is 16.4. The van der Waals surface area contributed by atoms with Gasteiger partial charge in [0, 0.05) is 11.6 Å². The number of nitrogens with zero attached hydrogens (tertiary/aromatic N) is 1. The summed E-state index contributed by atoms with van der Waals surface area (Å²) in [6.45, 7) is 3.72. The van der Waals surface area contributed by atoms with E-state index in [0.717, 1.165) is 5.56 Å². The number of methoxy groups -OCH3 is 1. The number of rotatable bonds is 8. The smallest absolute Gasteiger partial charge is 0.339 e. The molecule has 29 heavy (non-hydrogen) atoms. The average molecular weight is 395 g/mol. The summed E-state index contributed by atoms with van der Waals surface area (Å²) in [7, 11) is 1.46. The molecule has 7 nitrogen and oxygen atoms in total. The normalized spacial score (nSPS) is 10.6. The van der Waals surface area contributed by atoms with Crippen molar-refractivity contribution in [1.29, 1.82) is 0 Å². The molecule has 0 aliphatic rings. The average Bonchev–Trinajstić information content (AvgIpc) is 3.26. The highest BCUT2D eigenvalue weighted by Gasteiger charge is 2.26. The third-order valence-corrected chi connectivity index (χ3v) is 4.01. The molecule has 0 radical (unpaired) electrons. The van der Waals surface area contributed by atoms with Crippen molar-refractivity contribution >= 4 is 11.8 Å². The van der Waals surface area contributed by atoms with Crippen molar-refractivity contribution in [3.8, 4) is 11.5 Å². The summed E-state index contributed by atoms with van der Waals surface area (Å²) < 4.78 is 21.5. The number of carbonyl (C=O) groups excluding carboxylic acids is 2. The molecule has 0 N–H and O–H groups in total. The molecule has 3 aromatic rings. The van der Waals surface area contributed by atoms with Crippen LogP contribution in [0.5, 0.6) is 11.5 Å². The van der Waals surface area contributed by atoms with E-state index in [1.807, 2.05) is 30.3 Å². The Labute approximate surface area is 168 Å². The fourth-order valence-electron chi connectivity index (χ4n) is 2.67. The second-order valence-electron chi connectivity index (χ2n) is 6.48. The maximum atomic E-state index is 12.9. The molecule has 0 atom stereocenters. The molecule has 0 saturated carbocycles. The molecular formula is C22H21NO6. The molecule has 0 amide bonds. The maximum Gasteiger partial charge on any atom is 0.339 e. The lowest BCUT2D eigenvalue weighted by Gasteiger charge is -2.16. The predicted molar refractivity (Wildman–Crippen MR) is 104 cm³/mol. The van der Waals surface area contributed by atoms with Crippen molar-refractivity contribution in [2.45, 2.75) is 26.6 Å². The van der Waals surface area contributed by atoms with Crippen LogP contribution in [0.15, 0.2) is 59.3 Å². The number of aromatic nitrogens is 1. The van der Waals surface area contributed by atoms with Crippen LogP contribution < -0.4 is 9.47 Å². The van der Waals surface area contributed by atoms with Crippen LogP contribution in [-0.4, -0.2) is 30.1 Å². The van der Waals surface area contributed by atoms with Crippen LogP contribution in [0.1, 0.15) is 45.9 Å². The van der Waals surface area contributed by atoms with Gasteiger partial charge in [-0.05, 0) is 31.5 Å². The molecule has 7 heteroatoms. The van der Waals surface area contributed by atoms with Gasteiger partial charge in [-0.25, -0.2) is 4.79 Å². The number of hydrogen-bond donors (Lipinski definition) is 0. The largest absolute Gasteiger partial charge is 0.493 e. The fourth-order valence-corrected chi connectivity index (χ4v) is 2.67. The van der Waals surface area contributed by atoms with Gasteiger partial charge in [-0.1, -0.05) is 35.5 Å². The minimum atomic E-state index is -0.643. The van der Waals surface area contributed by atoms with E-state index in [1.54, 1.807) is 13.8 Å². The summed E-state index contributed by atoms with van der Waals surface area (Å²) in [6, 6.07) is 13.9. The van der Waals surface area contributed by atoms with E-state index in [9.17, 15) is 9.59 Å². The monoisotopic (exact) mass is 395 g/mol. The molecule has 150 valence electrons. The summed E-state index contributed by atoms with van der Waals surface area (Å²) in [6.07, 6.45) is 1.01. The fraction of sp³-hybridized carbons (Fsp3) is 0.227. The van der Waals surface area contributed by atoms with Crippen molar-refractivity contribution in [2.75, 3.05) is 7.11 Å². The predicted octanol–water partition coefficient (Wildman–Crippen LogP) is 4.06. The molecule has 2 aromatic carbocycles. The molecule has 0 aliphatic carbocycles. The SMILES string of the molecule is COc1cc(C(=O)OC(C)C)c(C(=O)c2ccno2)cc1OCc1ccccc1. The Morgan fingerprint density at radius 1 is 1.03 bits per heavy atom. The molecule has 3 rings (SSSR count). The van der Waals surface area contributed by atoms with Crippen LogP contribution in [0, 0.1) is 0 Å². The molecule has 1 aromatic heterocycles. The first-order valence-electron chi connectivity index (χ1n) is 9.04. The lowest BCUT2D eigenvalue weighted by atomic mass is 10.0. The minimum absolute atomic E-state index is 0.00257. The number of esters is 1. The van der Waals surface area contributed by atoms with Gasteiger partial charge in [0.25, 0.3) is 0 Å². The second-order valence-corrected chi connectivity index (χ2v) is 6.48. The van der Waals surface area contributed by atoms with E-state index < -0.39 is 11.8 Å². The number of ketones is 1. The third-order valence-electron chi connectivity index (χ3n) is 4.01. The van der Waals surface area contributed by atoms with Gasteiger partial charge in [-0.2, -0.15) is 0 Å². The second kappa shape index (κ2) is 9.05. The summed E-state index contributed by atoms with van der Waals surface area (Å²) in [5, 5.41) is 3.56. The van der Waals surface area contributed by atoms with E-state index >= 15 is 0 Å². The first kappa shape index (κ1) is 20.1. The third kappa shape index (κ3) is 4.82. The number of benzene rings is 2. The Balaban J connectivity index is 2.01. The topological polar surface area (TPSA) is 87.9 Å². The van der Waals surface area contributed by atoms with Gasteiger partial charge in [-0.3, -0.25) is 4.79 Å². The Kier molecular flexibility index (Phi) is 6.29. The van der Waals surface area contributed by atoms with Gasteiger partial charge in [0.2, 0.25) is 11.5 Å². The molecule has 0 bridgehead atoms. The molecule has 0 saturated heterocycles. The summed E-state index contributed by atoms with van der Waals surface area (Å²) in [5.74, 6) is -0.518. The molecule has 0 aliphatic heterocycles. The summed E-state index contributed by atoms with van der Waals surface area (Å²) in [5.41, 5.74) is 1.08. The molecule has 1 heterocycles. The maximum absolute atomic E-state index is 12.9. The van der Waals surface area contributed by atoms with Crippen LogP contribution in [0.3, 0.4) is 0 Å². The highest BCUT2D eigenvalue weighted by atomic mass is 16.5. The van der Waals surface area contributed by atoms with Crippen molar-refractivity contribution in [2.24, 2.45) is 0 Å². The van der Waals surface area contributed by atoms with E-state index in [4.69, 9.17) is 18.7 Å². The quantitative estimate of drug-likeness (QED) is 0.420. The lowest BCUT2D eigenvalue weighted by Crippen LogP contribution is -2.16. The molecular weight excluding hydrogens is 374 g/mol. The summed E-state index contributed by atoms with van der Waals surface area (Å²) >= 11 is 0. The molecule has 0 unspecified atom stereocenters. The van der Waals surface area contributed by atoms with E-state index in [1.165, 1.54) is 31.5 Å². The Morgan fingerprint density at radius 2 is 1.76 bits per heavy atom. The van der Waals surface area contributed by atoms with E-state index in [0.29, 0.717) is 11.5 Å². The van der Waals surface area contributed by atoms with Gasteiger partial charge < -0.3 is 18.7 Å². The minimum Gasteiger partial charge on any atom is -0.493 e. The first-order chi connectivity index (χ1) is 14.0. The van der Waals surface area contributed by atoms with Crippen LogP contribution in [0.4, 0.5) is 0 Å². The van der Waals surface area contributed by atoms with Gasteiger partial charge in [0.1, 0.15) is 6.61 Å². The Morgan fingerprint density at radius 3 is 2.38 bits per heavy atom. The van der Waals surface area contributed by atoms with Crippen molar-refractivity contribution < 1.29 is 28.3 Å². The Hall–Kier alpha value is -3.61. The van der Waals surface area contributed by atoms with Gasteiger partial charge in [0.05, 0.1) is 25.0 Å². The van der Waals surface area contributed by atoms with Crippen molar-refractivity contribution in [3.63, 3.8) is 0 Å². The van der Waals surface area contributed by atoms with Crippen LogP contribution in [0.25, 0.3) is 0 Å². The van der Waals surface area contributed by atoms with E-state index in [2.05, 4.69) is 5.16 Å². The van der Waals surface area contributed by atoms with Gasteiger partial charge in [0.15, 0.2) is 11.5 Å². The van der Waals surface area contributed by atoms with Crippen molar-refractivity contribution in [3.05, 3.63) is 77.2 Å². The molecule has 0 fully saturated rings. The van der Waals surface area contributed by atoms with Gasteiger partial charge >= 0.3 is 5.97 Å². The highest BCUT2D eigenvalue weighted by molar-refractivity contribution is 6.13. The highest BCUT2D eigenvalue weighted by Crippen LogP contribution is 2.33. The standard InChI is InChI=1S/C22H21NO6/c1-14(2)28-22(25)17-12-19(26-3)20(27-13-15-7-5-4-6-8-15)11-16(17)21(24)18-9-10-23-29-18/h4-12,14H,13H2,1-3H3. The van der Waals surface area contributed by atoms with E-state index in [-0.39, 0.29) is 29.6 Å². The summed E-state index contributed by atoms with van der Waals surface area (Å²) in [4.78, 5) is 25.5. The van der Waals surface area contributed by atoms with Crippen LogP contribution in [-0.2, 0) is 11.3 Å². The number of hydrogen-bond acceptors (Lipinski definition) is 7. The lowest BCUT2D eigenvalue weighted by molar-refractivity contribution is 0.0375. The van der Waals surface area contributed by atoms with Crippen LogP contribution >= 0.6 is 0 Å². The van der Waals surface area contributed by atoms with Gasteiger partial charge in [-0.15, -0.1) is 0 Å². The zero-order valence-electron chi connectivity index (χ0n) is 16.4. The zero-order chi connectivity index (χ0) is 20.8. The van der Waals surface area contributed by atoms with Crippen LogP contribution in [0.2, 0.25) is 0 Å².